The van der Waals surface area contributed by atoms with Crippen LogP contribution in [0.25, 0.3) is 0 Å². The van der Waals surface area contributed by atoms with Gasteiger partial charge in [0, 0.05) is 12.5 Å². The van der Waals surface area contributed by atoms with Crippen LogP contribution in [0.1, 0.15) is 18.4 Å². The second kappa shape index (κ2) is 6.44. The van der Waals surface area contributed by atoms with Crippen molar-refractivity contribution in [3.63, 3.8) is 0 Å². The van der Waals surface area contributed by atoms with Crippen molar-refractivity contribution in [1.82, 2.24) is 4.90 Å². The Hall–Kier alpha value is -1.73. The van der Waals surface area contributed by atoms with E-state index in [0.29, 0.717) is 0 Å². The zero-order valence-electron chi connectivity index (χ0n) is 11.6. The Balaban J connectivity index is 1.98. The molecule has 0 radical (unpaired) electrons. The molecule has 102 valence electrons. The molecule has 0 bridgehead atoms. The van der Waals surface area contributed by atoms with Gasteiger partial charge in [-0.05, 0) is 43.6 Å². The van der Waals surface area contributed by atoms with Crippen molar-refractivity contribution in [2.24, 2.45) is 5.92 Å². The van der Waals surface area contributed by atoms with Gasteiger partial charge >= 0.3 is 0 Å². The predicted octanol–water partition coefficient (Wildman–Crippen LogP) is 2.44. The first-order valence-electron chi connectivity index (χ1n) is 6.59. The molecule has 1 saturated heterocycles. The molecule has 1 heterocycles. The number of rotatable bonds is 4. The molecule has 4 heteroatoms. The summed E-state index contributed by atoms with van der Waals surface area (Å²) >= 11 is 0. The van der Waals surface area contributed by atoms with Gasteiger partial charge in [0.05, 0.1) is 20.3 Å². The topological polar surface area (TPSA) is 45.5 Å². The number of benzene rings is 1. The molecule has 1 aromatic carbocycles. The minimum atomic E-state index is 0.238. The molecule has 1 aromatic rings. The second-order valence-corrected chi connectivity index (χ2v) is 4.87. The minimum absolute atomic E-state index is 0.238. The normalized spacial score (nSPS) is 16.9. The summed E-state index contributed by atoms with van der Waals surface area (Å²) in [6.45, 7) is 2.89. The van der Waals surface area contributed by atoms with E-state index in [1.54, 1.807) is 14.2 Å². The lowest BCUT2D eigenvalue weighted by atomic mass is 9.98. The Bertz CT molecular complexity index is 460. The van der Waals surface area contributed by atoms with Crippen molar-refractivity contribution in [2.45, 2.75) is 19.4 Å². The van der Waals surface area contributed by atoms with Crippen LogP contribution in [0.2, 0.25) is 0 Å². The van der Waals surface area contributed by atoms with Gasteiger partial charge in [-0.2, -0.15) is 5.26 Å². The molecule has 1 fully saturated rings. The number of nitriles is 1. The Labute approximate surface area is 114 Å². The summed E-state index contributed by atoms with van der Waals surface area (Å²) in [6.07, 6.45) is 1.95. The van der Waals surface area contributed by atoms with Crippen LogP contribution in [0.5, 0.6) is 11.5 Å². The van der Waals surface area contributed by atoms with E-state index < -0.39 is 0 Å². The van der Waals surface area contributed by atoms with Crippen molar-refractivity contribution in [3.8, 4) is 17.6 Å². The van der Waals surface area contributed by atoms with Gasteiger partial charge in [0.1, 0.15) is 0 Å². The predicted molar refractivity (Wildman–Crippen MR) is 73.2 cm³/mol. The molecule has 19 heavy (non-hydrogen) atoms. The van der Waals surface area contributed by atoms with E-state index in [1.165, 1.54) is 5.56 Å². The molecule has 0 aliphatic carbocycles. The summed E-state index contributed by atoms with van der Waals surface area (Å²) in [5.41, 5.74) is 1.22. The average Bonchev–Trinajstić information content (AvgIpc) is 2.48. The molecule has 0 spiro atoms. The van der Waals surface area contributed by atoms with Crippen LogP contribution in [-0.4, -0.2) is 32.2 Å². The third kappa shape index (κ3) is 3.39. The fourth-order valence-electron chi connectivity index (χ4n) is 2.46. The van der Waals surface area contributed by atoms with Crippen molar-refractivity contribution < 1.29 is 9.47 Å². The van der Waals surface area contributed by atoms with Gasteiger partial charge in [0.25, 0.3) is 0 Å². The number of piperidine rings is 1. The van der Waals surface area contributed by atoms with Crippen LogP contribution in [0.3, 0.4) is 0 Å². The van der Waals surface area contributed by atoms with Crippen LogP contribution < -0.4 is 9.47 Å². The van der Waals surface area contributed by atoms with Crippen molar-refractivity contribution in [1.29, 1.82) is 5.26 Å². The van der Waals surface area contributed by atoms with E-state index >= 15 is 0 Å². The van der Waals surface area contributed by atoms with Gasteiger partial charge in [-0.1, -0.05) is 6.07 Å². The molecule has 0 saturated carbocycles. The van der Waals surface area contributed by atoms with Crippen LogP contribution in [-0.2, 0) is 6.54 Å². The number of hydrogen-bond donors (Lipinski definition) is 0. The molecular formula is C15H20N2O2. The van der Waals surface area contributed by atoms with E-state index in [9.17, 15) is 0 Å². The van der Waals surface area contributed by atoms with Crippen molar-refractivity contribution in [3.05, 3.63) is 23.8 Å². The summed E-state index contributed by atoms with van der Waals surface area (Å²) in [6, 6.07) is 8.39. The Morgan fingerprint density at radius 2 is 1.89 bits per heavy atom. The fraction of sp³-hybridized carbons (Fsp3) is 0.533. The van der Waals surface area contributed by atoms with Gasteiger partial charge < -0.3 is 9.47 Å². The third-order valence-corrected chi connectivity index (χ3v) is 3.62. The lowest BCUT2D eigenvalue weighted by molar-refractivity contribution is 0.198. The quantitative estimate of drug-likeness (QED) is 0.834. The summed E-state index contributed by atoms with van der Waals surface area (Å²) in [4.78, 5) is 2.38. The monoisotopic (exact) mass is 260 g/mol. The zero-order valence-corrected chi connectivity index (χ0v) is 11.6. The van der Waals surface area contributed by atoms with Gasteiger partial charge in [-0.3, -0.25) is 4.90 Å². The molecular weight excluding hydrogens is 240 g/mol. The lowest BCUT2D eigenvalue weighted by Gasteiger charge is -2.29. The molecule has 1 aliphatic rings. The maximum Gasteiger partial charge on any atom is 0.161 e. The summed E-state index contributed by atoms with van der Waals surface area (Å²) in [5, 5.41) is 8.89. The Kier molecular flexibility index (Phi) is 4.64. The van der Waals surface area contributed by atoms with Crippen molar-refractivity contribution in [2.75, 3.05) is 27.3 Å². The molecule has 0 amide bonds. The highest BCUT2D eigenvalue weighted by Crippen LogP contribution is 2.28. The second-order valence-electron chi connectivity index (χ2n) is 4.87. The standard InChI is InChI=1S/C15H20N2O2/c1-18-14-4-3-13(9-15(14)19-2)11-17-7-5-12(10-16)6-8-17/h3-4,9,12H,5-8,11H2,1-2H3. The molecule has 1 aliphatic heterocycles. The number of nitrogens with zero attached hydrogens (tertiary/aromatic N) is 2. The Morgan fingerprint density at radius 1 is 1.21 bits per heavy atom. The van der Waals surface area contributed by atoms with Crippen molar-refractivity contribution >= 4 is 0 Å². The zero-order chi connectivity index (χ0) is 13.7. The molecule has 4 nitrogen and oxygen atoms in total. The third-order valence-electron chi connectivity index (χ3n) is 3.62. The van der Waals surface area contributed by atoms with Crippen LogP contribution in [0.15, 0.2) is 18.2 Å². The first-order valence-corrected chi connectivity index (χ1v) is 6.59. The SMILES string of the molecule is COc1ccc(CN2CCC(C#N)CC2)cc1OC. The molecule has 0 unspecified atom stereocenters. The van der Waals surface area contributed by atoms with E-state index in [0.717, 1.165) is 44.0 Å². The highest BCUT2D eigenvalue weighted by Gasteiger charge is 2.18. The van der Waals surface area contributed by atoms with E-state index in [1.807, 2.05) is 12.1 Å². The van der Waals surface area contributed by atoms with E-state index in [-0.39, 0.29) is 5.92 Å². The maximum absolute atomic E-state index is 8.89. The highest BCUT2D eigenvalue weighted by atomic mass is 16.5. The largest absolute Gasteiger partial charge is 0.493 e. The summed E-state index contributed by atoms with van der Waals surface area (Å²) in [7, 11) is 3.30. The fourth-order valence-corrected chi connectivity index (χ4v) is 2.46. The smallest absolute Gasteiger partial charge is 0.161 e. The molecule has 0 aromatic heterocycles. The minimum Gasteiger partial charge on any atom is -0.493 e. The summed E-state index contributed by atoms with van der Waals surface area (Å²) < 4.78 is 10.5. The van der Waals surface area contributed by atoms with Gasteiger partial charge in [-0.25, -0.2) is 0 Å². The van der Waals surface area contributed by atoms with E-state index in [2.05, 4.69) is 17.0 Å². The molecule has 0 N–H and O–H groups in total. The van der Waals surface area contributed by atoms with Gasteiger partial charge in [0.2, 0.25) is 0 Å². The highest BCUT2D eigenvalue weighted by molar-refractivity contribution is 5.42. The average molecular weight is 260 g/mol. The first-order chi connectivity index (χ1) is 9.26. The number of methoxy groups -OCH3 is 2. The maximum atomic E-state index is 8.89. The van der Waals surface area contributed by atoms with Gasteiger partial charge in [0.15, 0.2) is 11.5 Å². The molecule has 0 atom stereocenters. The Morgan fingerprint density at radius 3 is 2.47 bits per heavy atom. The number of likely N-dealkylation sites (tertiary alicyclic amines) is 1. The first kappa shape index (κ1) is 13.7. The number of ether oxygens (including phenoxy) is 2. The lowest BCUT2D eigenvalue weighted by Crippen LogP contribution is -2.32. The summed E-state index contributed by atoms with van der Waals surface area (Å²) in [5.74, 6) is 1.77. The van der Waals surface area contributed by atoms with Crippen LogP contribution >= 0.6 is 0 Å². The van der Waals surface area contributed by atoms with Gasteiger partial charge in [-0.15, -0.1) is 0 Å². The van der Waals surface area contributed by atoms with Crippen LogP contribution in [0, 0.1) is 17.2 Å². The molecule has 2 rings (SSSR count). The number of hydrogen-bond acceptors (Lipinski definition) is 4. The van der Waals surface area contributed by atoms with E-state index in [4.69, 9.17) is 14.7 Å². The van der Waals surface area contributed by atoms with Crippen LogP contribution in [0.4, 0.5) is 0 Å².